The molecule has 0 saturated carbocycles. The number of nitrogens with zero attached hydrogens (tertiary/aromatic N) is 2. The van der Waals surface area contributed by atoms with Crippen molar-refractivity contribution in [3.8, 4) is 22.3 Å². The van der Waals surface area contributed by atoms with E-state index in [-0.39, 0.29) is 65.6 Å². The van der Waals surface area contributed by atoms with E-state index in [1.807, 2.05) is 0 Å². The maximum absolute atomic E-state index is 6.77. The average Bonchev–Trinajstić information content (AvgIpc) is 3.77. The van der Waals surface area contributed by atoms with Gasteiger partial charge in [0.1, 0.15) is 12.1 Å². The van der Waals surface area contributed by atoms with Crippen LogP contribution >= 0.6 is 0 Å². The zero-order valence-electron chi connectivity index (χ0n) is 30.7. The van der Waals surface area contributed by atoms with E-state index < -0.39 is 0 Å². The van der Waals surface area contributed by atoms with Gasteiger partial charge in [0.05, 0.1) is 6.42 Å². The third kappa shape index (κ3) is 8.82. The summed E-state index contributed by atoms with van der Waals surface area (Å²) in [6, 6.07) is 51.4. The second kappa shape index (κ2) is 17.6. The number of aryl methyl sites for hydroxylation is 4. The van der Waals surface area contributed by atoms with Gasteiger partial charge in [-0.15, -0.1) is 0 Å². The average molecular weight is 796 g/mol. The van der Waals surface area contributed by atoms with Crippen LogP contribution in [0.4, 0.5) is 0 Å². The summed E-state index contributed by atoms with van der Waals surface area (Å²) in [4.78, 5) is 10.5. The Labute approximate surface area is 341 Å². The van der Waals surface area contributed by atoms with Crippen molar-refractivity contribution >= 4 is 11.8 Å². The summed E-state index contributed by atoms with van der Waals surface area (Å²) in [6.45, 7) is 8.50. The molecule has 276 valence electrons. The van der Waals surface area contributed by atoms with Crippen LogP contribution in [0, 0.1) is 27.7 Å². The molecule has 6 aromatic carbocycles. The van der Waals surface area contributed by atoms with Gasteiger partial charge < -0.3 is 34.3 Å². The van der Waals surface area contributed by atoms with Gasteiger partial charge in [-0.2, -0.15) is 0 Å². The zero-order chi connectivity index (χ0) is 34.9. The Morgan fingerprint density at radius 1 is 0.407 bits per heavy atom. The third-order valence-electron chi connectivity index (χ3n) is 9.87. The summed E-state index contributed by atoms with van der Waals surface area (Å²) in [5.41, 5.74) is 14.0. The van der Waals surface area contributed by atoms with E-state index in [1.165, 1.54) is 44.5 Å². The maximum Gasteiger partial charge on any atom is 2.00 e. The number of aliphatic imine (C=N–C) groups is 2. The summed E-state index contributed by atoms with van der Waals surface area (Å²) in [5, 5.41) is 0. The number of hydrogen-bond acceptors (Lipinski definition) is 4. The Balaban J connectivity index is 0.00000187. The molecule has 2 aliphatic rings. The van der Waals surface area contributed by atoms with Crippen LogP contribution in [0.1, 0.15) is 75.2 Å². The van der Waals surface area contributed by atoms with Crippen molar-refractivity contribution in [2.45, 2.75) is 58.4 Å². The van der Waals surface area contributed by atoms with Crippen LogP contribution in [0.25, 0.3) is 22.3 Å². The number of rotatable bonds is 8. The molecule has 0 aromatic heterocycles. The molecule has 4 nitrogen and oxygen atoms in total. The van der Waals surface area contributed by atoms with Gasteiger partial charge in [0.15, 0.2) is 24.0 Å². The third-order valence-corrected chi connectivity index (χ3v) is 9.87. The zero-order valence-corrected chi connectivity index (χ0v) is 33.2. The van der Waals surface area contributed by atoms with Crippen molar-refractivity contribution in [2.24, 2.45) is 9.98 Å². The molecular formula is C47H42Cl2N2NiO2. The van der Waals surface area contributed by atoms with Crippen molar-refractivity contribution < 1.29 is 50.8 Å². The molecule has 0 bridgehead atoms. The molecule has 4 atom stereocenters. The molecule has 0 fully saturated rings. The predicted molar refractivity (Wildman–Crippen MR) is 208 cm³/mol. The second-order valence-corrected chi connectivity index (χ2v) is 14.0. The summed E-state index contributed by atoms with van der Waals surface area (Å²) < 4.78 is 13.5. The topological polar surface area (TPSA) is 43.2 Å². The Bertz CT molecular complexity index is 2140. The van der Waals surface area contributed by atoms with Crippen LogP contribution in [0.3, 0.4) is 0 Å². The first kappa shape index (κ1) is 40.5. The van der Waals surface area contributed by atoms with Crippen LogP contribution in [0.5, 0.6) is 0 Å². The van der Waals surface area contributed by atoms with Crippen molar-refractivity contribution in [3.05, 3.63) is 190 Å². The molecule has 0 saturated heterocycles. The van der Waals surface area contributed by atoms with E-state index in [4.69, 9.17) is 19.5 Å². The van der Waals surface area contributed by atoms with E-state index >= 15 is 0 Å². The van der Waals surface area contributed by atoms with Crippen molar-refractivity contribution in [1.29, 1.82) is 0 Å². The summed E-state index contributed by atoms with van der Waals surface area (Å²) >= 11 is 0. The SMILES string of the molecule is Cc1cccc(-c2cccc([C@H]3N=C(CC4=N[C@H](c5cccc(-c6cccc(C)c6)c5)C(c5cccc(C)c5)O4)OC3c3cccc(C)c3)c2)c1.[Cl-].[Cl-].[Ni+2]. The fourth-order valence-corrected chi connectivity index (χ4v) is 7.38. The van der Waals surface area contributed by atoms with E-state index in [0.29, 0.717) is 18.2 Å². The molecular weight excluding hydrogens is 754 g/mol. The van der Waals surface area contributed by atoms with Gasteiger partial charge in [-0.3, -0.25) is 0 Å². The normalized spacial score (nSPS) is 18.5. The van der Waals surface area contributed by atoms with Crippen LogP contribution in [0.15, 0.2) is 156 Å². The van der Waals surface area contributed by atoms with Crippen molar-refractivity contribution in [2.75, 3.05) is 0 Å². The Morgan fingerprint density at radius 3 is 1.09 bits per heavy atom. The molecule has 6 aromatic rings. The molecule has 2 heterocycles. The summed E-state index contributed by atoms with van der Waals surface area (Å²) in [7, 11) is 0. The Morgan fingerprint density at radius 2 is 0.722 bits per heavy atom. The molecule has 0 radical (unpaired) electrons. The Hall–Kier alpha value is -4.67. The first-order valence-electron chi connectivity index (χ1n) is 17.8. The minimum absolute atomic E-state index is 0. The summed E-state index contributed by atoms with van der Waals surface area (Å²) in [6.07, 6.45) is -0.139. The monoisotopic (exact) mass is 794 g/mol. The molecule has 8 rings (SSSR count). The van der Waals surface area contributed by atoms with E-state index in [2.05, 4.69) is 173 Å². The van der Waals surface area contributed by atoms with Gasteiger partial charge in [-0.05, 0) is 84.3 Å². The minimum atomic E-state index is -0.260. The second-order valence-electron chi connectivity index (χ2n) is 14.0. The number of hydrogen-bond donors (Lipinski definition) is 0. The first-order chi connectivity index (χ1) is 24.9. The standard InChI is InChI=1S/C47H42N2O2.2ClH.Ni/c1-30-11-5-15-34(23-30)36-17-9-19-38(27-36)44-46(40-21-7-13-32(3)25-40)50-42(48-44)29-43-49-45(47(51-43)41-22-8-14-33(4)26-41)39-20-10-18-37(28-39)35-16-6-12-31(2)24-35;;;/h5-28,44-47H,29H2,1-4H3;2*1H;/q;;;+2/p-2/t44-,45-,46?,47?;;;/m1.../s1. The molecule has 0 amide bonds. The van der Waals surface area contributed by atoms with Crippen LogP contribution in [0.2, 0.25) is 0 Å². The maximum atomic E-state index is 6.77. The molecule has 0 spiro atoms. The van der Waals surface area contributed by atoms with Gasteiger partial charge in [-0.25, -0.2) is 9.98 Å². The smallest absolute Gasteiger partial charge is 1.00 e. The van der Waals surface area contributed by atoms with Crippen molar-refractivity contribution in [1.82, 2.24) is 0 Å². The van der Waals surface area contributed by atoms with E-state index in [0.717, 1.165) is 22.3 Å². The molecule has 2 unspecified atom stereocenters. The van der Waals surface area contributed by atoms with E-state index in [9.17, 15) is 0 Å². The van der Waals surface area contributed by atoms with Gasteiger partial charge in [-0.1, -0.05) is 156 Å². The molecule has 7 heteroatoms. The van der Waals surface area contributed by atoms with Crippen LogP contribution in [-0.2, 0) is 26.0 Å². The largest absolute Gasteiger partial charge is 2.00 e. The molecule has 0 N–H and O–H groups in total. The van der Waals surface area contributed by atoms with Crippen LogP contribution in [-0.4, -0.2) is 11.8 Å². The quantitative estimate of drug-likeness (QED) is 0.184. The van der Waals surface area contributed by atoms with E-state index in [1.54, 1.807) is 0 Å². The molecule has 54 heavy (non-hydrogen) atoms. The van der Waals surface area contributed by atoms with Crippen molar-refractivity contribution in [3.63, 3.8) is 0 Å². The minimum Gasteiger partial charge on any atom is -1.00 e. The Kier molecular flexibility index (Phi) is 13.2. The number of benzene rings is 6. The van der Waals surface area contributed by atoms with Gasteiger partial charge in [0.25, 0.3) is 0 Å². The number of halogens is 2. The first-order valence-corrected chi connectivity index (χ1v) is 17.8. The molecule has 0 aliphatic carbocycles. The van der Waals surface area contributed by atoms with Gasteiger partial charge >= 0.3 is 16.5 Å². The predicted octanol–water partition coefficient (Wildman–Crippen LogP) is 5.77. The van der Waals surface area contributed by atoms with Gasteiger partial charge in [0, 0.05) is 0 Å². The summed E-state index contributed by atoms with van der Waals surface area (Å²) in [5.74, 6) is 1.28. The van der Waals surface area contributed by atoms with Gasteiger partial charge in [0.2, 0.25) is 0 Å². The fourth-order valence-electron chi connectivity index (χ4n) is 7.38. The fraction of sp³-hybridized carbons (Fsp3) is 0.191. The molecule has 2 aliphatic heterocycles. The van der Waals surface area contributed by atoms with Crippen LogP contribution < -0.4 is 24.8 Å². The number of ether oxygens (including phenoxy) is 2.